The van der Waals surface area contributed by atoms with Crippen LogP contribution in [0.1, 0.15) is 12.5 Å². The summed E-state index contributed by atoms with van der Waals surface area (Å²) in [6.45, 7) is 2.58. The molecule has 2 aromatic carbocycles. The maximum absolute atomic E-state index is 12.0. The number of carboxylic acids is 1. The number of benzene rings is 2. The Labute approximate surface area is 197 Å². The van der Waals surface area contributed by atoms with Crippen LogP contribution in [-0.2, 0) is 11.3 Å². The molecule has 0 radical (unpaired) electrons. The predicted molar refractivity (Wildman–Crippen MR) is 126 cm³/mol. The molecule has 31 heavy (non-hydrogen) atoms. The Bertz CT molecular complexity index is 1170. The molecule has 0 saturated heterocycles. The molecular weight excluding hydrogens is 502 g/mol. The fraction of sp³-hybridized carbons (Fsp3) is 0.136. The number of terminal acetylenes is 1. The van der Waals surface area contributed by atoms with E-state index in [1.807, 2.05) is 23.6 Å². The lowest BCUT2D eigenvalue weighted by Gasteiger charge is -2.10. The van der Waals surface area contributed by atoms with Crippen LogP contribution in [0.4, 0.5) is 0 Å². The van der Waals surface area contributed by atoms with Gasteiger partial charge in [0.05, 0.1) is 0 Å². The number of ether oxygens (including phenoxy) is 1. The van der Waals surface area contributed by atoms with Crippen molar-refractivity contribution in [2.24, 2.45) is 0 Å². The third kappa shape index (κ3) is 5.70. The SMILES string of the molecule is C#CCOc1ccc(Br)cc1/C=C(\Sc1nnc(-c2ccc(Cl)cc2)n1CC)C(=O)O. The van der Waals surface area contributed by atoms with E-state index in [0.29, 0.717) is 33.9 Å². The monoisotopic (exact) mass is 517 g/mol. The summed E-state index contributed by atoms with van der Waals surface area (Å²) in [7, 11) is 0. The van der Waals surface area contributed by atoms with E-state index in [2.05, 4.69) is 32.0 Å². The van der Waals surface area contributed by atoms with Crippen molar-refractivity contribution in [3.63, 3.8) is 0 Å². The number of aliphatic carboxylic acids is 1. The molecule has 0 amide bonds. The van der Waals surface area contributed by atoms with Crippen LogP contribution in [0.5, 0.6) is 5.75 Å². The van der Waals surface area contributed by atoms with Gasteiger partial charge in [-0.3, -0.25) is 0 Å². The van der Waals surface area contributed by atoms with Gasteiger partial charge in [-0.05, 0) is 67.2 Å². The maximum Gasteiger partial charge on any atom is 0.342 e. The van der Waals surface area contributed by atoms with E-state index in [-0.39, 0.29) is 11.5 Å². The Morgan fingerprint density at radius 2 is 2.06 bits per heavy atom. The fourth-order valence-corrected chi connectivity index (χ4v) is 4.10. The molecule has 3 rings (SSSR count). The lowest BCUT2D eigenvalue weighted by molar-refractivity contribution is -0.131. The summed E-state index contributed by atoms with van der Waals surface area (Å²) in [6, 6.07) is 12.5. The van der Waals surface area contributed by atoms with Gasteiger partial charge in [0.1, 0.15) is 17.3 Å². The highest BCUT2D eigenvalue weighted by molar-refractivity contribution is 9.10. The van der Waals surface area contributed by atoms with Gasteiger partial charge in [0.25, 0.3) is 0 Å². The van der Waals surface area contributed by atoms with Crippen molar-refractivity contribution in [1.82, 2.24) is 14.8 Å². The van der Waals surface area contributed by atoms with Gasteiger partial charge in [0.15, 0.2) is 11.0 Å². The first-order chi connectivity index (χ1) is 14.9. The number of hydrogen-bond donors (Lipinski definition) is 1. The maximum atomic E-state index is 12.0. The molecular formula is C22H17BrClN3O3S. The van der Waals surface area contributed by atoms with Crippen LogP contribution in [-0.4, -0.2) is 32.4 Å². The van der Waals surface area contributed by atoms with E-state index in [1.165, 1.54) is 6.08 Å². The smallest absolute Gasteiger partial charge is 0.342 e. The van der Waals surface area contributed by atoms with Gasteiger partial charge in [-0.15, -0.1) is 16.6 Å². The molecule has 0 bridgehead atoms. The quantitative estimate of drug-likeness (QED) is 0.237. The van der Waals surface area contributed by atoms with E-state index in [9.17, 15) is 9.90 Å². The van der Waals surface area contributed by atoms with E-state index < -0.39 is 5.97 Å². The molecule has 0 spiro atoms. The van der Waals surface area contributed by atoms with Crippen LogP contribution < -0.4 is 4.74 Å². The van der Waals surface area contributed by atoms with Crippen LogP contribution >= 0.6 is 39.3 Å². The van der Waals surface area contributed by atoms with Gasteiger partial charge in [0.2, 0.25) is 0 Å². The van der Waals surface area contributed by atoms with Gasteiger partial charge >= 0.3 is 5.97 Å². The van der Waals surface area contributed by atoms with Gasteiger partial charge in [-0.25, -0.2) is 4.79 Å². The number of carboxylic acid groups (broad SMARTS) is 1. The topological polar surface area (TPSA) is 77.2 Å². The molecule has 0 fully saturated rings. The van der Waals surface area contributed by atoms with Crippen LogP contribution in [0.2, 0.25) is 5.02 Å². The van der Waals surface area contributed by atoms with Crippen molar-refractivity contribution < 1.29 is 14.6 Å². The molecule has 0 atom stereocenters. The summed E-state index contributed by atoms with van der Waals surface area (Å²) in [5.74, 6) is 2.43. The molecule has 1 heterocycles. The highest BCUT2D eigenvalue weighted by Crippen LogP contribution is 2.33. The van der Waals surface area contributed by atoms with Crippen LogP contribution in [0.15, 0.2) is 57.0 Å². The molecule has 158 valence electrons. The Morgan fingerprint density at radius 3 is 2.71 bits per heavy atom. The Hall–Kier alpha value is -2.73. The largest absolute Gasteiger partial charge is 0.480 e. The zero-order valence-electron chi connectivity index (χ0n) is 16.4. The summed E-state index contributed by atoms with van der Waals surface area (Å²) in [5, 5.41) is 19.3. The number of rotatable bonds is 8. The molecule has 0 aliphatic carbocycles. The second-order valence-corrected chi connectivity index (χ2v) is 8.51. The number of thioether (sulfide) groups is 1. The number of nitrogens with zero attached hydrogens (tertiary/aromatic N) is 3. The summed E-state index contributed by atoms with van der Waals surface area (Å²) in [4.78, 5) is 12.0. The van der Waals surface area contributed by atoms with E-state index in [0.717, 1.165) is 21.8 Å². The van der Waals surface area contributed by atoms with E-state index in [1.54, 1.807) is 30.3 Å². The van der Waals surface area contributed by atoms with Gasteiger partial charge in [0, 0.05) is 27.2 Å². The molecule has 0 saturated carbocycles. The second-order valence-electron chi connectivity index (χ2n) is 6.15. The summed E-state index contributed by atoms with van der Waals surface area (Å²) >= 11 is 10.4. The summed E-state index contributed by atoms with van der Waals surface area (Å²) < 4.78 is 8.17. The summed E-state index contributed by atoms with van der Waals surface area (Å²) in [6.07, 6.45) is 6.80. The minimum absolute atomic E-state index is 0.0633. The van der Waals surface area contributed by atoms with Gasteiger partial charge < -0.3 is 14.4 Å². The summed E-state index contributed by atoms with van der Waals surface area (Å²) in [5.41, 5.74) is 1.42. The third-order valence-electron chi connectivity index (χ3n) is 4.12. The first-order valence-corrected chi connectivity index (χ1v) is 11.1. The molecule has 6 nitrogen and oxygen atoms in total. The van der Waals surface area contributed by atoms with Gasteiger partial charge in [-0.1, -0.05) is 33.5 Å². The molecule has 0 unspecified atom stereocenters. The average molecular weight is 519 g/mol. The van der Waals surface area contributed by atoms with Crippen molar-refractivity contribution in [1.29, 1.82) is 0 Å². The van der Waals surface area contributed by atoms with Crippen molar-refractivity contribution in [3.05, 3.63) is 62.4 Å². The molecule has 0 aliphatic rings. The predicted octanol–water partition coefficient (Wildman–Crippen LogP) is 5.61. The first kappa shape index (κ1) is 22.9. The average Bonchev–Trinajstić information content (AvgIpc) is 3.15. The Morgan fingerprint density at radius 1 is 1.32 bits per heavy atom. The zero-order valence-corrected chi connectivity index (χ0v) is 19.5. The minimum Gasteiger partial charge on any atom is -0.480 e. The molecule has 0 aliphatic heterocycles. The van der Waals surface area contributed by atoms with Crippen LogP contribution in [0.3, 0.4) is 0 Å². The van der Waals surface area contributed by atoms with E-state index >= 15 is 0 Å². The van der Waals surface area contributed by atoms with Crippen LogP contribution in [0.25, 0.3) is 17.5 Å². The second kappa shape index (κ2) is 10.5. The lowest BCUT2D eigenvalue weighted by Crippen LogP contribution is -2.03. The standard InChI is InChI=1S/C22H17BrClN3O3S/c1-3-11-30-18-10-7-16(23)12-15(18)13-19(21(28)29)31-22-26-25-20(27(22)4-2)14-5-8-17(24)9-6-14/h1,5-10,12-13H,4,11H2,2H3,(H,28,29)/b19-13-. The number of hydrogen-bond acceptors (Lipinski definition) is 5. The minimum atomic E-state index is -1.09. The van der Waals surface area contributed by atoms with Crippen molar-refractivity contribution in [2.75, 3.05) is 6.61 Å². The number of aromatic nitrogens is 3. The van der Waals surface area contributed by atoms with Gasteiger partial charge in [-0.2, -0.15) is 0 Å². The number of halogens is 2. The van der Waals surface area contributed by atoms with E-state index in [4.69, 9.17) is 22.8 Å². The Balaban J connectivity index is 1.98. The highest BCUT2D eigenvalue weighted by Gasteiger charge is 2.19. The van der Waals surface area contributed by atoms with Crippen molar-refractivity contribution >= 4 is 51.3 Å². The molecule has 9 heteroatoms. The third-order valence-corrected chi connectivity index (χ3v) is 5.86. The fourth-order valence-electron chi connectivity index (χ4n) is 2.72. The lowest BCUT2D eigenvalue weighted by atomic mass is 10.2. The van der Waals surface area contributed by atoms with Crippen molar-refractivity contribution in [2.45, 2.75) is 18.6 Å². The molecule has 1 N–H and O–H groups in total. The Kier molecular flexibility index (Phi) is 7.80. The zero-order chi connectivity index (χ0) is 22.4. The molecule has 3 aromatic rings. The molecule has 1 aromatic heterocycles. The normalized spacial score (nSPS) is 11.2. The first-order valence-electron chi connectivity index (χ1n) is 9.10. The number of carbonyl (C=O) groups is 1. The van der Waals surface area contributed by atoms with Crippen molar-refractivity contribution in [3.8, 4) is 29.5 Å². The van der Waals surface area contributed by atoms with Crippen LogP contribution in [0, 0.1) is 12.3 Å². The highest BCUT2D eigenvalue weighted by atomic mass is 79.9.